The summed E-state index contributed by atoms with van der Waals surface area (Å²) in [6.07, 6.45) is 1.82. The van der Waals surface area contributed by atoms with Crippen LogP contribution >= 0.6 is 0 Å². The molecule has 22 heavy (non-hydrogen) atoms. The van der Waals surface area contributed by atoms with Crippen LogP contribution in [0.2, 0.25) is 13.1 Å². The second kappa shape index (κ2) is 6.42. The van der Waals surface area contributed by atoms with Crippen molar-refractivity contribution in [3.8, 4) is 0 Å². The first-order valence-electron chi connectivity index (χ1n) is 7.85. The number of fused-ring (bicyclic) bond motifs is 1. The fraction of sp³-hybridized carbons (Fsp3) is 0.588. The van der Waals surface area contributed by atoms with Crippen molar-refractivity contribution in [3.63, 3.8) is 0 Å². The van der Waals surface area contributed by atoms with Gasteiger partial charge < -0.3 is 10.2 Å². The number of nitrogen functional groups attached to an aromatic ring is 1. The molecular formula is C17H27N2O2Si. The number of benzene rings is 1. The van der Waals surface area contributed by atoms with Crippen LogP contribution in [0.1, 0.15) is 39.2 Å². The predicted molar refractivity (Wildman–Crippen MR) is 93.1 cm³/mol. The third kappa shape index (κ3) is 3.90. The number of nitrogens with two attached hydrogens (primary N) is 1. The van der Waals surface area contributed by atoms with Crippen LogP contribution < -0.4 is 10.6 Å². The zero-order chi connectivity index (χ0) is 16.5. The summed E-state index contributed by atoms with van der Waals surface area (Å²) < 4.78 is 6.20. The van der Waals surface area contributed by atoms with Crippen LogP contribution in [-0.4, -0.2) is 21.2 Å². The van der Waals surface area contributed by atoms with Gasteiger partial charge in [-0.1, -0.05) is 26.8 Å². The average Bonchev–Trinajstić information content (AvgIpc) is 2.35. The summed E-state index contributed by atoms with van der Waals surface area (Å²) in [5.74, 6) is 0.135. The number of nitrogens with zero attached hydrogens (tertiary/aromatic N) is 1. The second-order valence-corrected chi connectivity index (χ2v) is 9.41. The quantitative estimate of drug-likeness (QED) is 0.682. The highest BCUT2D eigenvalue weighted by Gasteiger charge is 2.34. The Morgan fingerprint density at radius 2 is 2.00 bits per heavy atom. The number of anilines is 2. The number of carbonyl (C=O) groups is 1. The van der Waals surface area contributed by atoms with Crippen LogP contribution in [0.4, 0.5) is 11.4 Å². The molecule has 0 spiro atoms. The van der Waals surface area contributed by atoms with Crippen LogP contribution in [0, 0.1) is 5.41 Å². The molecule has 1 aromatic rings. The lowest BCUT2D eigenvalue weighted by atomic mass is 9.90. The van der Waals surface area contributed by atoms with E-state index >= 15 is 0 Å². The molecule has 0 saturated heterocycles. The van der Waals surface area contributed by atoms with E-state index in [1.165, 1.54) is 0 Å². The monoisotopic (exact) mass is 319 g/mol. The first-order chi connectivity index (χ1) is 10.2. The van der Waals surface area contributed by atoms with E-state index in [0.717, 1.165) is 29.8 Å². The smallest absolute Gasteiger partial charge is 0.229 e. The van der Waals surface area contributed by atoms with E-state index in [-0.39, 0.29) is 17.6 Å². The van der Waals surface area contributed by atoms with Gasteiger partial charge in [0.2, 0.25) is 14.9 Å². The molecule has 1 atom stereocenters. The maximum Gasteiger partial charge on any atom is 0.229 e. The molecule has 1 aromatic carbocycles. The summed E-state index contributed by atoms with van der Waals surface area (Å²) in [5, 5.41) is 0. The standard InChI is InChI=1S/C17H27N2O2Si/c1-17(2,3)11-16(21-22(4)5)19-14-8-6-7-13(18)12(14)9-10-15(19)20/h6-8,16H,9-11,18H2,1-5H3. The molecule has 1 heterocycles. The minimum Gasteiger partial charge on any atom is -0.398 e. The Kier molecular flexibility index (Phi) is 4.97. The normalized spacial score (nSPS) is 16.8. The molecule has 1 unspecified atom stereocenters. The summed E-state index contributed by atoms with van der Waals surface area (Å²) in [6, 6.07) is 5.80. The maximum atomic E-state index is 12.6. The lowest BCUT2D eigenvalue weighted by molar-refractivity contribution is -0.120. The van der Waals surface area contributed by atoms with Gasteiger partial charge in [0.1, 0.15) is 6.23 Å². The lowest BCUT2D eigenvalue weighted by Gasteiger charge is -2.39. The Bertz CT molecular complexity index is 552. The van der Waals surface area contributed by atoms with Crippen molar-refractivity contribution in [2.24, 2.45) is 5.41 Å². The molecule has 0 aromatic heterocycles. The lowest BCUT2D eigenvalue weighted by Crippen LogP contribution is -2.48. The van der Waals surface area contributed by atoms with Crippen LogP contribution in [0.15, 0.2) is 18.2 Å². The zero-order valence-electron chi connectivity index (χ0n) is 14.3. The highest BCUT2D eigenvalue weighted by Crippen LogP contribution is 2.36. The van der Waals surface area contributed by atoms with Gasteiger partial charge in [0, 0.05) is 12.1 Å². The average molecular weight is 320 g/mol. The molecule has 1 radical (unpaired) electrons. The highest BCUT2D eigenvalue weighted by molar-refractivity contribution is 6.48. The predicted octanol–water partition coefficient (Wildman–Crippen LogP) is 3.58. The van der Waals surface area contributed by atoms with Gasteiger partial charge in [0.15, 0.2) is 0 Å². The topological polar surface area (TPSA) is 55.6 Å². The molecule has 4 nitrogen and oxygen atoms in total. The minimum absolute atomic E-state index is 0.0835. The third-order valence-electron chi connectivity index (χ3n) is 3.75. The number of hydrogen-bond donors (Lipinski definition) is 1. The molecule has 0 saturated carbocycles. The van der Waals surface area contributed by atoms with Gasteiger partial charge in [-0.2, -0.15) is 0 Å². The molecule has 2 N–H and O–H groups in total. The molecule has 121 valence electrons. The first-order valence-corrected chi connectivity index (χ1v) is 10.3. The Balaban J connectivity index is 2.42. The van der Waals surface area contributed by atoms with Crippen molar-refractivity contribution in [3.05, 3.63) is 23.8 Å². The van der Waals surface area contributed by atoms with Gasteiger partial charge >= 0.3 is 0 Å². The van der Waals surface area contributed by atoms with Crippen molar-refractivity contribution in [2.75, 3.05) is 10.6 Å². The Morgan fingerprint density at radius 3 is 2.59 bits per heavy atom. The van der Waals surface area contributed by atoms with Crippen molar-refractivity contribution in [1.29, 1.82) is 0 Å². The Hall–Kier alpha value is -1.33. The molecule has 2 rings (SSSR count). The van der Waals surface area contributed by atoms with Crippen LogP contribution in [0.5, 0.6) is 0 Å². The maximum absolute atomic E-state index is 12.6. The van der Waals surface area contributed by atoms with E-state index in [4.69, 9.17) is 10.2 Å². The van der Waals surface area contributed by atoms with E-state index in [1.807, 2.05) is 23.1 Å². The summed E-state index contributed by atoms with van der Waals surface area (Å²) >= 11 is 0. The number of carbonyl (C=O) groups excluding carboxylic acids is 1. The van der Waals surface area contributed by atoms with Gasteiger partial charge in [0.25, 0.3) is 0 Å². The number of hydrogen-bond acceptors (Lipinski definition) is 3. The fourth-order valence-electron chi connectivity index (χ4n) is 2.87. The van der Waals surface area contributed by atoms with Gasteiger partial charge in [-0.15, -0.1) is 0 Å². The third-order valence-corrected chi connectivity index (χ3v) is 4.49. The Labute approximate surface area is 135 Å². The SMILES string of the molecule is C[Si](C)OC(CC(C)(C)C)N1C(=O)CCc2c(N)cccc21. The minimum atomic E-state index is -0.913. The highest BCUT2D eigenvalue weighted by atomic mass is 28.3. The largest absolute Gasteiger partial charge is 0.398 e. The van der Waals surface area contributed by atoms with E-state index in [2.05, 4.69) is 33.9 Å². The molecule has 5 heteroatoms. The van der Waals surface area contributed by atoms with Crippen molar-refractivity contribution in [2.45, 2.75) is 59.4 Å². The first kappa shape index (κ1) is 17.0. The molecule has 0 aliphatic carbocycles. The van der Waals surface area contributed by atoms with Crippen LogP contribution in [0.3, 0.4) is 0 Å². The summed E-state index contributed by atoms with van der Waals surface area (Å²) in [5.41, 5.74) is 8.95. The van der Waals surface area contributed by atoms with Crippen molar-refractivity contribution < 1.29 is 9.22 Å². The number of amides is 1. The van der Waals surface area contributed by atoms with Gasteiger partial charge in [0.05, 0.1) is 5.69 Å². The molecule has 1 amide bonds. The molecule has 1 aliphatic rings. The number of rotatable bonds is 4. The van der Waals surface area contributed by atoms with Crippen LogP contribution in [-0.2, 0) is 15.6 Å². The summed E-state index contributed by atoms with van der Waals surface area (Å²) in [7, 11) is -0.913. The zero-order valence-corrected chi connectivity index (χ0v) is 15.3. The van der Waals surface area contributed by atoms with Crippen molar-refractivity contribution in [1.82, 2.24) is 0 Å². The van der Waals surface area contributed by atoms with Gasteiger partial charge in [-0.05, 0) is 49.0 Å². The molecule has 1 aliphatic heterocycles. The summed E-state index contributed by atoms with van der Waals surface area (Å²) in [4.78, 5) is 14.4. The fourth-order valence-corrected chi connectivity index (χ4v) is 3.61. The van der Waals surface area contributed by atoms with Gasteiger partial charge in [-0.3, -0.25) is 9.69 Å². The van der Waals surface area contributed by atoms with Gasteiger partial charge in [-0.25, -0.2) is 0 Å². The van der Waals surface area contributed by atoms with E-state index in [9.17, 15) is 4.79 Å². The summed E-state index contributed by atoms with van der Waals surface area (Å²) in [6.45, 7) is 10.7. The van der Waals surface area contributed by atoms with E-state index in [0.29, 0.717) is 6.42 Å². The molecule has 0 fully saturated rings. The second-order valence-electron chi connectivity index (χ2n) is 7.35. The molecular weight excluding hydrogens is 292 g/mol. The Morgan fingerprint density at radius 1 is 1.32 bits per heavy atom. The van der Waals surface area contributed by atoms with E-state index in [1.54, 1.807) is 0 Å². The molecule has 0 bridgehead atoms. The van der Waals surface area contributed by atoms with Crippen molar-refractivity contribution >= 4 is 26.3 Å². The van der Waals surface area contributed by atoms with Crippen LogP contribution in [0.25, 0.3) is 0 Å². The van der Waals surface area contributed by atoms with E-state index < -0.39 is 9.04 Å².